The molecule has 4 unspecified atom stereocenters. The lowest BCUT2D eigenvalue weighted by atomic mass is 10.0. The van der Waals surface area contributed by atoms with E-state index in [9.17, 15) is 0 Å². The third-order valence-electron chi connectivity index (χ3n) is 5.20. The highest BCUT2D eigenvalue weighted by molar-refractivity contribution is 5.42. The summed E-state index contributed by atoms with van der Waals surface area (Å²) >= 11 is 0. The number of hydrogen-bond donors (Lipinski definition) is 1. The Labute approximate surface area is 127 Å². The molecule has 0 bridgehead atoms. The van der Waals surface area contributed by atoms with Crippen LogP contribution in [0.3, 0.4) is 0 Å². The summed E-state index contributed by atoms with van der Waals surface area (Å²) < 4.78 is 11.1. The fourth-order valence-electron chi connectivity index (χ4n) is 3.95. The van der Waals surface area contributed by atoms with Gasteiger partial charge in [-0.25, -0.2) is 0 Å². The van der Waals surface area contributed by atoms with Gasteiger partial charge in [0.15, 0.2) is 0 Å². The zero-order valence-corrected chi connectivity index (χ0v) is 13.4. The SMILES string of the molecule is CNC1c2cc(OC)ccc2CC1N(C)C1CCOC1C. The van der Waals surface area contributed by atoms with Crippen LogP contribution in [0, 0.1) is 0 Å². The van der Waals surface area contributed by atoms with Crippen LogP contribution < -0.4 is 10.1 Å². The average molecular weight is 290 g/mol. The lowest BCUT2D eigenvalue weighted by molar-refractivity contribution is 0.0616. The number of nitrogens with one attached hydrogen (secondary N) is 1. The summed E-state index contributed by atoms with van der Waals surface area (Å²) in [6.07, 6.45) is 2.54. The molecule has 0 radical (unpaired) electrons. The van der Waals surface area contributed by atoms with Crippen molar-refractivity contribution in [3.8, 4) is 5.75 Å². The summed E-state index contributed by atoms with van der Waals surface area (Å²) in [4.78, 5) is 2.52. The van der Waals surface area contributed by atoms with Crippen LogP contribution in [0.15, 0.2) is 18.2 Å². The van der Waals surface area contributed by atoms with Gasteiger partial charge in [0.25, 0.3) is 0 Å². The molecule has 1 fully saturated rings. The highest BCUT2D eigenvalue weighted by Gasteiger charge is 2.39. The minimum absolute atomic E-state index is 0.325. The first-order chi connectivity index (χ1) is 10.2. The smallest absolute Gasteiger partial charge is 0.119 e. The van der Waals surface area contributed by atoms with E-state index >= 15 is 0 Å². The van der Waals surface area contributed by atoms with Crippen molar-refractivity contribution < 1.29 is 9.47 Å². The van der Waals surface area contributed by atoms with Crippen LogP contribution in [0.2, 0.25) is 0 Å². The molecule has 0 amide bonds. The van der Waals surface area contributed by atoms with Crippen LogP contribution in [-0.4, -0.2) is 50.9 Å². The van der Waals surface area contributed by atoms with Gasteiger partial charge in [-0.15, -0.1) is 0 Å². The second-order valence-corrected chi connectivity index (χ2v) is 6.20. The second-order valence-electron chi connectivity index (χ2n) is 6.20. The number of rotatable bonds is 4. The van der Waals surface area contributed by atoms with E-state index in [4.69, 9.17) is 9.47 Å². The molecular weight excluding hydrogens is 264 g/mol. The molecule has 21 heavy (non-hydrogen) atoms. The van der Waals surface area contributed by atoms with Crippen LogP contribution in [0.1, 0.15) is 30.5 Å². The van der Waals surface area contributed by atoms with Crippen molar-refractivity contribution in [2.75, 3.05) is 27.8 Å². The Hall–Kier alpha value is -1.10. The van der Waals surface area contributed by atoms with Gasteiger partial charge in [0.05, 0.1) is 13.2 Å². The number of ether oxygens (including phenoxy) is 2. The van der Waals surface area contributed by atoms with Gasteiger partial charge >= 0.3 is 0 Å². The van der Waals surface area contributed by atoms with E-state index in [0.29, 0.717) is 24.2 Å². The average Bonchev–Trinajstić information content (AvgIpc) is 3.08. The van der Waals surface area contributed by atoms with E-state index in [1.165, 1.54) is 11.1 Å². The van der Waals surface area contributed by atoms with E-state index in [1.54, 1.807) is 7.11 Å². The molecule has 2 aliphatic rings. The number of benzene rings is 1. The van der Waals surface area contributed by atoms with Crippen LogP contribution in [-0.2, 0) is 11.2 Å². The number of fused-ring (bicyclic) bond motifs is 1. The quantitative estimate of drug-likeness (QED) is 0.919. The van der Waals surface area contributed by atoms with Gasteiger partial charge in [-0.2, -0.15) is 0 Å². The summed E-state index contributed by atoms with van der Waals surface area (Å²) in [5, 5.41) is 3.50. The van der Waals surface area contributed by atoms with Crippen molar-refractivity contribution in [3.05, 3.63) is 29.3 Å². The summed E-state index contributed by atoms with van der Waals surface area (Å²) in [5.41, 5.74) is 2.80. The molecule has 1 aromatic rings. The third kappa shape index (κ3) is 2.56. The zero-order valence-electron chi connectivity index (χ0n) is 13.4. The van der Waals surface area contributed by atoms with Crippen LogP contribution in [0.4, 0.5) is 0 Å². The topological polar surface area (TPSA) is 33.7 Å². The first kappa shape index (κ1) is 14.8. The molecular formula is C17H26N2O2. The third-order valence-corrected chi connectivity index (χ3v) is 5.20. The van der Waals surface area contributed by atoms with Gasteiger partial charge in [0, 0.05) is 24.7 Å². The summed E-state index contributed by atoms with van der Waals surface area (Å²) in [6, 6.07) is 7.80. The molecule has 1 aromatic carbocycles. The molecule has 0 aromatic heterocycles. The molecule has 1 saturated heterocycles. The van der Waals surface area contributed by atoms with Crippen molar-refractivity contribution in [1.82, 2.24) is 10.2 Å². The lowest BCUT2D eigenvalue weighted by Crippen LogP contribution is -2.47. The van der Waals surface area contributed by atoms with Crippen molar-refractivity contribution in [2.24, 2.45) is 0 Å². The fraction of sp³-hybridized carbons (Fsp3) is 0.647. The predicted octanol–water partition coefficient (Wildman–Crippen LogP) is 1.99. The van der Waals surface area contributed by atoms with E-state index in [1.807, 2.05) is 0 Å². The standard InChI is InChI=1S/C17H26N2O2/c1-11-15(7-8-21-11)19(3)16-9-12-5-6-13(20-4)10-14(12)17(16)18-2/h5-6,10-11,15-18H,7-9H2,1-4H3. The summed E-state index contributed by atoms with van der Waals surface area (Å²) in [7, 11) is 6.02. The minimum Gasteiger partial charge on any atom is -0.497 e. The number of hydrogen-bond acceptors (Lipinski definition) is 4. The highest BCUT2D eigenvalue weighted by Crippen LogP contribution is 2.38. The molecule has 1 aliphatic carbocycles. The largest absolute Gasteiger partial charge is 0.497 e. The van der Waals surface area contributed by atoms with E-state index in [0.717, 1.165) is 25.2 Å². The summed E-state index contributed by atoms with van der Waals surface area (Å²) in [6.45, 7) is 3.07. The maximum Gasteiger partial charge on any atom is 0.119 e. The van der Waals surface area contributed by atoms with Gasteiger partial charge in [0.2, 0.25) is 0 Å². The zero-order chi connectivity index (χ0) is 15.0. The van der Waals surface area contributed by atoms with Crippen molar-refractivity contribution in [1.29, 1.82) is 0 Å². The van der Waals surface area contributed by atoms with E-state index < -0.39 is 0 Å². The van der Waals surface area contributed by atoms with Gasteiger partial charge < -0.3 is 14.8 Å². The molecule has 4 nitrogen and oxygen atoms in total. The highest BCUT2D eigenvalue weighted by atomic mass is 16.5. The molecule has 0 spiro atoms. The molecule has 3 rings (SSSR count). The van der Waals surface area contributed by atoms with Gasteiger partial charge in [-0.05, 0) is 57.1 Å². The molecule has 0 saturated carbocycles. The molecule has 4 atom stereocenters. The minimum atomic E-state index is 0.325. The normalized spacial score (nSPS) is 31.7. The number of nitrogens with zero attached hydrogens (tertiary/aromatic N) is 1. The molecule has 1 heterocycles. The second kappa shape index (κ2) is 5.95. The number of likely N-dealkylation sites (N-methyl/N-ethyl adjacent to an activating group) is 2. The van der Waals surface area contributed by atoms with Crippen molar-refractivity contribution in [2.45, 2.75) is 44.0 Å². The Bertz CT molecular complexity index is 506. The number of methoxy groups -OCH3 is 1. The van der Waals surface area contributed by atoms with Crippen molar-refractivity contribution >= 4 is 0 Å². The van der Waals surface area contributed by atoms with Crippen LogP contribution >= 0.6 is 0 Å². The Morgan fingerprint density at radius 1 is 1.33 bits per heavy atom. The Morgan fingerprint density at radius 3 is 2.76 bits per heavy atom. The molecule has 1 aliphatic heterocycles. The molecule has 1 N–H and O–H groups in total. The van der Waals surface area contributed by atoms with Crippen LogP contribution in [0.25, 0.3) is 0 Å². The van der Waals surface area contributed by atoms with E-state index in [2.05, 4.69) is 49.4 Å². The Balaban J connectivity index is 1.84. The first-order valence-electron chi connectivity index (χ1n) is 7.83. The predicted molar refractivity (Wildman–Crippen MR) is 83.9 cm³/mol. The Kier molecular flexibility index (Phi) is 4.20. The Morgan fingerprint density at radius 2 is 2.14 bits per heavy atom. The summed E-state index contributed by atoms with van der Waals surface area (Å²) in [5.74, 6) is 0.940. The van der Waals surface area contributed by atoms with Crippen LogP contribution in [0.5, 0.6) is 5.75 Å². The van der Waals surface area contributed by atoms with Crippen molar-refractivity contribution in [3.63, 3.8) is 0 Å². The first-order valence-corrected chi connectivity index (χ1v) is 7.83. The maximum absolute atomic E-state index is 5.75. The fourth-order valence-corrected chi connectivity index (χ4v) is 3.95. The van der Waals surface area contributed by atoms with Gasteiger partial charge in [-0.3, -0.25) is 4.90 Å². The molecule has 4 heteroatoms. The van der Waals surface area contributed by atoms with E-state index in [-0.39, 0.29) is 0 Å². The van der Waals surface area contributed by atoms with Gasteiger partial charge in [-0.1, -0.05) is 6.07 Å². The lowest BCUT2D eigenvalue weighted by Gasteiger charge is -2.35. The molecule has 116 valence electrons. The van der Waals surface area contributed by atoms with Gasteiger partial charge in [0.1, 0.15) is 5.75 Å². The maximum atomic E-state index is 5.75. The monoisotopic (exact) mass is 290 g/mol.